The van der Waals surface area contributed by atoms with Crippen LogP contribution in [0.5, 0.6) is 0 Å². The molecule has 0 aromatic heterocycles. The first-order chi connectivity index (χ1) is 9.70. The number of para-hydroxylation sites is 1. The van der Waals surface area contributed by atoms with Crippen molar-refractivity contribution >= 4 is 17.9 Å². The molecule has 0 aliphatic carbocycles. The number of rotatable bonds is 4. The fourth-order valence-corrected chi connectivity index (χ4v) is 1.69. The number of anilines is 1. The van der Waals surface area contributed by atoms with Crippen LogP contribution >= 0.6 is 0 Å². The Hall–Kier alpha value is -2.62. The molecule has 0 N–H and O–H groups in total. The predicted octanol–water partition coefficient (Wildman–Crippen LogP) is 2.94. The second-order valence-corrected chi connectivity index (χ2v) is 4.22. The second-order valence-electron chi connectivity index (χ2n) is 4.22. The van der Waals surface area contributed by atoms with Gasteiger partial charge in [-0.1, -0.05) is 30.3 Å². The second kappa shape index (κ2) is 6.52. The van der Waals surface area contributed by atoms with E-state index >= 15 is 0 Å². The molecule has 0 saturated carbocycles. The number of hydrazone groups is 1. The minimum absolute atomic E-state index is 0.338. The van der Waals surface area contributed by atoms with Crippen molar-refractivity contribution in [3.8, 4) is 0 Å². The van der Waals surface area contributed by atoms with Gasteiger partial charge in [0.15, 0.2) is 0 Å². The van der Waals surface area contributed by atoms with Crippen LogP contribution in [0.2, 0.25) is 0 Å². The van der Waals surface area contributed by atoms with Gasteiger partial charge in [0.25, 0.3) is 0 Å². The third kappa shape index (κ3) is 3.45. The van der Waals surface area contributed by atoms with E-state index < -0.39 is 0 Å². The fourth-order valence-electron chi connectivity index (χ4n) is 1.69. The van der Waals surface area contributed by atoms with Crippen LogP contribution in [0.3, 0.4) is 0 Å². The average molecular weight is 268 g/mol. The highest BCUT2D eigenvalue weighted by molar-refractivity contribution is 5.90. The van der Waals surface area contributed by atoms with E-state index in [0.717, 1.165) is 11.3 Å². The molecule has 0 amide bonds. The van der Waals surface area contributed by atoms with Crippen LogP contribution in [0, 0.1) is 0 Å². The Kier molecular flexibility index (Phi) is 4.50. The van der Waals surface area contributed by atoms with Crippen molar-refractivity contribution in [1.29, 1.82) is 0 Å². The highest BCUT2D eigenvalue weighted by Crippen LogP contribution is 2.11. The minimum Gasteiger partial charge on any atom is -0.465 e. The molecule has 2 aromatic rings. The molecule has 0 unspecified atom stereocenters. The first kappa shape index (κ1) is 13.8. The third-order valence-electron chi connectivity index (χ3n) is 2.84. The molecule has 4 heteroatoms. The molecule has 0 heterocycles. The van der Waals surface area contributed by atoms with E-state index in [9.17, 15) is 4.79 Å². The molecule has 0 spiro atoms. The van der Waals surface area contributed by atoms with E-state index in [1.165, 1.54) is 7.11 Å². The zero-order valence-corrected chi connectivity index (χ0v) is 11.5. The molecule has 0 bridgehead atoms. The van der Waals surface area contributed by atoms with E-state index in [4.69, 9.17) is 0 Å². The van der Waals surface area contributed by atoms with Gasteiger partial charge in [0.1, 0.15) is 0 Å². The Morgan fingerprint density at radius 3 is 2.35 bits per heavy atom. The molecule has 0 atom stereocenters. The molecule has 0 fully saturated rings. The third-order valence-corrected chi connectivity index (χ3v) is 2.84. The SMILES string of the molecule is COC(=O)c1ccc(/C=N/N(C)c2ccccc2)cc1. The monoisotopic (exact) mass is 268 g/mol. The fraction of sp³-hybridized carbons (Fsp3) is 0.125. The number of hydrogen-bond donors (Lipinski definition) is 0. The Labute approximate surface area is 118 Å². The number of methoxy groups -OCH3 is 1. The summed E-state index contributed by atoms with van der Waals surface area (Å²) in [6.07, 6.45) is 1.74. The Balaban J connectivity index is 2.06. The van der Waals surface area contributed by atoms with Gasteiger partial charge in [-0.15, -0.1) is 0 Å². The van der Waals surface area contributed by atoms with Gasteiger partial charge in [0.2, 0.25) is 0 Å². The van der Waals surface area contributed by atoms with Crippen LogP contribution in [-0.2, 0) is 4.74 Å². The molecule has 2 aromatic carbocycles. The molecule has 0 radical (unpaired) electrons. The summed E-state index contributed by atoms with van der Waals surface area (Å²) >= 11 is 0. The largest absolute Gasteiger partial charge is 0.465 e. The normalized spacial score (nSPS) is 10.5. The lowest BCUT2D eigenvalue weighted by Gasteiger charge is -2.12. The van der Waals surface area contributed by atoms with Gasteiger partial charge in [-0.05, 0) is 29.8 Å². The minimum atomic E-state index is -0.338. The van der Waals surface area contributed by atoms with E-state index in [1.807, 2.05) is 49.5 Å². The average Bonchev–Trinajstić information content (AvgIpc) is 2.53. The van der Waals surface area contributed by atoms with Gasteiger partial charge in [0.05, 0.1) is 24.6 Å². The predicted molar refractivity (Wildman–Crippen MR) is 80.2 cm³/mol. The van der Waals surface area contributed by atoms with Crippen molar-refractivity contribution < 1.29 is 9.53 Å². The van der Waals surface area contributed by atoms with Gasteiger partial charge in [-0.25, -0.2) is 4.79 Å². The van der Waals surface area contributed by atoms with Crippen LogP contribution in [0.25, 0.3) is 0 Å². The van der Waals surface area contributed by atoms with Crippen molar-refractivity contribution in [2.24, 2.45) is 5.10 Å². The van der Waals surface area contributed by atoms with Gasteiger partial charge < -0.3 is 4.74 Å². The van der Waals surface area contributed by atoms with Crippen LogP contribution in [0.15, 0.2) is 59.7 Å². The standard InChI is InChI=1S/C16H16N2O2/c1-18(15-6-4-3-5-7-15)17-12-13-8-10-14(11-9-13)16(19)20-2/h3-12H,1-2H3/b17-12+. The number of benzene rings is 2. The maximum Gasteiger partial charge on any atom is 0.337 e. The lowest BCUT2D eigenvalue weighted by molar-refractivity contribution is 0.0601. The summed E-state index contributed by atoms with van der Waals surface area (Å²) in [5.74, 6) is -0.338. The molecule has 0 aliphatic rings. The van der Waals surface area contributed by atoms with Crippen molar-refractivity contribution in [1.82, 2.24) is 0 Å². The summed E-state index contributed by atoms with van der Waals surface area (Å²) in [7, 11) is 3.25. The lowest BCUT2D eigenvalue weighted by atomic mass is 10.1. The zero-order chi connectivity index (χ0) is 14.4. The highest BCUT2D eigenvalue weighted by Gasteiger charge is 2.03. The van der Waals surface area contributed by atoms with E-state index in [1.54, 1.807) is 23.4 Å². The van der Waals surface area contributed by atoms with Gasteiger partial charge in [-0.2, -0.15) is 5.10 Å². The number of carbonyl (C=O) groups excluding carboxylic acids is 1. The number of nitrogens with zero attached hydrogens (tertiary/aromatic N) is 2. The van der Waals surface area contributed by atoms with E-state index in [-0.39, 0.29) is 5.97 Å². The summed E-state index contributed by atoms with van der Waals surface area (Å²) in [5, 5.41) is 6.14. The smallest absolute Gasteiger partial charge is 0.337 e. The van der Waals surface area contributed by atoms with Crippen molar-refractivity contribution in [2.75, 3.05) is 19.2 Å². The number of ether oxygens (including phenoxy) is 1. The molecule has 0 saturated heterocycles. The number of hydrogen-bond acceptors (Lipinski definition) is 4. The lowest BCUT2D eigenvalue weighted by Crippen LogP contribution is -2.08. The Morgan fingerprint density at radius 1 is 1.10 bits per heavy atom. The molecule has 0 aliphatic heterocycles. The van der Waals surface area contributed by atoms with E-state index in [2.05, 4.69) is 9.84 Å². The summed E-state index contributed by atoms with van der Waals surface area (Å²) in [4.78, 5) is 11.3. The van der Waals surface area contributed by atoms with Gasteiger partial charge >= 0.3 is 5.97 Å². The molecular formula is C16H16N2O2. The number of esters is 1. The zero-order valence-electron chi connectivity index (χ0n) is 11.5. The van der Waals surface area contributed by atoms with Crippen LogP contribution in [-0.4, -0.2) is 26.3 Å². The van der Waals surface area contributed by atoms with Crippen molar-refractivity contribution in [3.63, 3.8) is 0 Å². The Bertz CT molecular complexity index is 592. The molecule has 2 rings (SSSR count). The van der Waals surface area contributed by atoms with Crippen LogP contribution in [0.1, 0.15) is 15.9 Å². The van der Waals surface area contributed by atoms with Crippen LogP contribution in [0.4, 0.5) is 5.69 Å². The highest BCUT2D eigenvalue weighted by atomic mass is 16.5. The van der Waals surface area contributed by atoms with Gasteiger partial charge in [0, 0.05) is 7.05 Å². The summed E-state index contributed by atoms with van der Waals surface area (Å²) in [5.41, 5.74) is 2.46. The quantitative estimate of drug-likeness (QED) is 0.486. The first-order valence-electron chi connectivity index (χ1n) is 6.22. The molecule has 4 nitrogen and oxygen atoms in total. The van der Waals surface area contributed by atoms with Crippen molar-refractivity contribution in [3.05, 3.63) is 65.7 Å². The first-order valence-corrected chi connectivity index (χ1v) is 6.22. The maximum absolute atomic E-state index is 11.3. The molecule has 102 valence electrons. The topological polar surface area (TPSA) is 41.9 Å². The summed E-state index contributed by atoms with van der Waals surface area (Å²) < 4.78 is 4.65. The molecule has 20 heavy (non-hydrogen) atoms. The summed E-state index contributed by atoms with van der Waals surface area (Å²) in [6, 6.07) is 17.0. The summed E-state index contributed by atoms with van der Waals surface area (Å²) in [6.45, 7) is 0. The van der Waals surface area contributed by atoms with E-state index in [0.29, 0.717) is 5.56 Å². The van der Waals surface area contributed by atoms with Gasteiger partial charge in [-0.3, -0.25) is 5.01 Å². The molecular weight excluding hydrogens is 252 g/mol. The van der Waals surface area contributed by atoms with Crippen LogP contribution < -0.4 is 5.01 Å². The Morgan fingerprint density at radius 2 is 1.75 bits per heavy atom. The number of carbonyl (C=O) groups is 1. The van der Waals surface area contributed by atoms with Crippen molar-refractivity contribution in [2.45, 2.75) is 0 Å². The maximum atomic E-state index is 11.3.